The number of benzene rings is 2. The molecule has 0 saturated heterocycles. The van der Waals surface area contributed by atoms with Crippen molar-refractivity contribution in [3.63, 3.8) is 0 Å². The number of carbonyl (C=O) groups is 2. The van der Waals surface area contributed by atoms with Gasteiger partial charge in [-0.3, -0.25) is 9.52 Å². The third-order valence-corrected chi connectivity index (χ3v) is 13.7. The second-order valence-corrected chi connectivity index (χ2v) is 18.1. The van der Waals surface area contributed by atoms with Crippen LogP contribution in [0.1, 0.15) is 80.3 Å². The number of anilines is 1. The maximum Gasteiger partial charge on any atom is 0.327 e. The number of hydrogen-bond acceptors (Lipinski definition) is 7. The third-order valence-electron chi connectivity index (χ3n) is 11.5. The number of methoxy groups -OCH3 is 1. The van der Waals surface area contributed by atoms with Crippen LogP contribution in [0.3, 0.4) is 0 Å². The van der Waals surface area contributed by atoms with E-state index in [1.165, 1.54) is 11.1 Å². The van der Waals surface area contributed by atoms with Crippen LogP contribution in [0.15, 0.2) is 52.9 Å². The summed E-state index contributed by atoms with van der Waals surface area (Å²) in [6.07, 6.45) is 10.6. The maximum atomic E-state index is 14.4. The highest BCUT2D eigenvalue weighted by Crippen LogP contribution is 2.47. The molecule has 270 valence electrons. The van der Waals surface area contributed by atoms with Crippen molar-refractivity contribution >= 4 is 39.1 Å². The lowest BCUT2D eigenvalue weighted by atomic mass is 9.68. The first-order chi connectivity index (χ1) is 23.8. The summed E-state index contributed by atoms with van der Waals surface area (Å²) in [5.74, 6) is 0.607. The minimum atomic E-state index is -3.52. The van der Waals surface area contributed by atoms with Gasteiger partial charge in [0.15, 0.2) is 0 Å². The van der Waals surface area contributed by atoms with Gasteiger partial charge in [-0.1, -0.05) is 36.7 Å². The van der Waals surface area contributed by atoms with Crippen molar-refractivity contribution in [2.24, 2.45) is 22.1 Å². The second kappa shape index (κ2) is 13.8. The van der Waals surface area contributed by atoms with E-state index in [2.05, 4.69) is 43.6 Å². The van der Waals surface area contributed by atoms with Crippen LogP contribution in [0.2, 0.25) is 5.02 Å². The Labute approximate surface area is 300 Å². The van der Waals surface area contributed by atoms with Crippen molar-refractivity contribution in [3.05, 3.63) is 70.3 Å². The summed E-state index contributed by atoms with van der Waals surface area (Å²) in [6, 6.07) is 10.6. The first kappa shape index (κ1) is 35.3. The first-order valence-corrected chi connectivity index (χ1v) is 20.0. The Balaban J connectivity index is 1.26. The lowest BCUT2D eigenvalue weighted by Gasteiger charge is -2.46. The summed E-state index contributed by atoms with van der Waals surface area (Å²) in [7, 11) is -1.76. The number of hydrogen-bond donors (Lipinski definition) is 3. The molecule has 50 heavy (non-hydrogen) atoms. The fourth-order valence-electron chi connectivity index (χ4n) is 8.83. The van der Waals surface area contributed by atoms with Crippen LogP contribution < -0.4 is 19.7 Å². The van der Waals surface area contributed by atoms with Gasteiger partial charge in [0.2, 0.25) is 0 Å². The largest absolute Gasteiger partial charge is 0.490 e. The molecule has 12 heteroatoms. The molecule has 0 aromatic heterocycles. The summed E-state index contributed by atoms with van der Waals surface area (Å²) >= 11 is 6.45. The molecule has 3 amide bonds. The van der Waals surface area contributed by atoms with Crippen molar-refractivity contribution in [2.75, 3.05) is 37.5 Å². The summed E-state index contributed by atoms with van der Waals surface area (Å²) in [5, 5.41) is 13.6. The monoisotopic (exact) mass is 724 g/mol. The smallest absolute Gasteiger partial charge is 0.327 e. The zero-order chi connectivity index (χ0) is 35.3. The van der Waals surface area contributed by atoms with Crippen molar-refractivity contribution in [3.8, 4) is 5.75 Å². The number of aliphatic hydroxyl groups is 1. The van der Waals surface area contributed by atoms with Gasteiger partial charge in [-0.15, -0.1) is 4.36 Å². The highest BCUT2D eigenvalue weighted by atomic mass is 35.5. The van der Waals surface area contributed by atoms with Gasteiger partial charge in [0.05, 0.1) is 29.8 Å². The van der Waals surface area contributed by atoms with Crippen molar-refractivity contribution < 1.29 is 28.4 Å². The number of urea groups is 1. The predicted molar refractivity (Wildman–Crippen MR) is 195 cm³/mol. The average Bonchev–Trinajstić information content (AvgIpc) is 3.17. The maximum absolute atomic E-state index is 14.4. The van der Waals surface area contributed by atoms with Crippen LogP contribution in [0, 0.1) is 17.8 Å². The van der Waals surface area contributed by atoms with Gasteiger partial charge in [0, 0.05) is 42.2 Å². The third kappa shape index (κ3) is 7.29. The van der Waals surface area contributed by atoms with Crippen molar-refractivity contribution in [1.29, 1.82) is 0 Å². The predicted octanol–water partition coefficient (Wildman–Crippen LogP) is 6.19. The number of rotatable bonds is 3. The van der Waals surface area contributed by atoms with E-state index in [1.807, 2.05) is 25.1 Å². The number of halogens is 1. The molecule has 6 atom stereocenters. The minimum absolute atomic E-state index is 0.00525. The fraction of sp³-hybridized carbons (Fsp3) is 0.579. The molecule has 2 aromatic carbocycles. The second-order valence-electron chi connectivity index (χ2n) is 15.6. The number of nitrogens with zero attached hydrogens (tertiary/aromatic N) is 2. The first-order valence-electron chi connectivity index (χ1n) is 17.9. The number of carbonyl (C=O) groups excluding carboxylic acids is 2. The van der Waals surface area contributed by atoms with Crippen LogP contribution >= 0.6 is 11.6 Å². The number of ether oxygens (including phenoxy) is 2. The molecule has 2 aliphatic heterocycles. The molecule has 0 unspecified atom stereocenters. The van der Waals surface area contributed by atoms with Crippen molar-refractivity contribution in [1.82, 2.24) is 10.0 Å². The topological polar surface area (TPSA) is 130 Å². The molecule has 5 aliphatic rings. The van der Waals surface area contributed by atoms with E-state index >= 15 is 0 Å². The molecule has 0 radical (unpaired) electrons. The molecule has 2 bridgehead atoms. The Hall–Kier alpha value is -3.12. The zero-order valence-electron chi connectivity index (χ0n) is 29.2. The van der Waals surface area contributed by atoms with Crippen LogP contribution in [0.25, 0.3) is 0 Å². The Morgan fingerprint density at radius 1 is 1.20 bits per heavy atom. The standard InChI is InChI=1S/C38H49ClN4O6S/c1-24-6-4-8-33(48-3)30-12-9-27(30)20-43-22-38(15-5-7-25-16-28(39)11-13-31(25)38)23-49-34-14-10-26(17-32(34)43)35(44)41-50(47,21-24)42-36(45)40-29-18-37(2,46)19-29/h4,8,10-11,13-14,16-17,24,27,29-30,33,46H,5-7,9,12,15,18-23H2,1-3H3,(H2,40,41,42,44,45,47)/b8-4+/t24-,27-,29-,30+,33-,37+,38-,50-/m0/s1. The van der Waals surface area contributed by atoms with E-state index < -0.39 is 27.5 Å². The summed E-state index contributed by atoms with van der Waals surface area (Å²) < 4.78 is 33.8. The van der Waals surface area contributed by atoms with Crippen LogP contribution in [0.5, 0.6) is 5.75 Å². The molecular formula is C38H49ClN4O6S. The van der Waals surface area contributed by atoms with Gasteiger partial charge in [-0.2, -0.15) is 0 Å². The highest BCUT2D eigenvalue weighted by Gasteiger charge is 2.45. The van der Waals surface area contributed by atoms with Gasteiger partial charge in [0.1, 0.15) is 15.7 Å². The number of amides is 3. The Kier molecular flexibility index (Phi) is 9.73. The molecule has 2 fully saturated rings. The normalized spacial score (nSPS) is 35.9. The van der Waals surface area contributed by atoms with Gasteiger partial charge in [-0.25, -0.2) is 9.00 Å². The molecule has 2 aromatic rings. The van der Waals surface area contributed by atoms with Gasteiger partial charge in [-0.05, 0) is 118 Å². The SMILES string of the molecule is CO[C@H]1/C=C/C[C@H](C)C[S@@](=O)(NC(=O)N[C@H]2C[C@@](C)(O)C2)=NC(=O)c2ccc3c(c2)N(C[C@@H]2CC[C@H]21)C[C@@]1(CCCc2cc(Cl)ccc21)CO3. The number of aryl methyl sites for hydroxylation is 1. The van der Waals surface area contributed by atoms with Gasteiger partial charge in [0.25, 0.3) is 5.91 Å². The fourth-order valence-corrected chi connectivity index (χ4v) is 10.9. The number of nitrogens with one attached hydrogen (secondary N) is 2. The summed E-state index contributed by atoms with van der Waals surface area (Å²) in [4.78, 5) is 29.3. The summed E-state index contributed by atoms with van der Waals surface area (Å²) in [5.41, 5.74) is 2.53. The molecular weight excluding hydrogens is 676 g/mol. The Bertz CT molecular complexity index is 1800. The number of fused-ring (bicyclic) bond motifs is 4. The Morgan fingerprint density at radius 3 is 2.76 bits per heavy atom. The van der Waals surface area contributed by atoms with E-state index in [0.717, 1.165) is 49.4 Å². The number of allylic oxidation sites excluding steroid dienone is 1. The molecule has 2 saturated carbocycles. The van der Waals surface area contributed by atoms with E-state index in [1.54, 1.807) is 20.1 Å². The van der Waals surface area contributed by atoms with Crippen LogP contribution in [-0.2, 0) is 26.5 Å². The molecule has 7 rings (SSSR count). The highest BCUT2D eigenvalue weighted by molar-refractivity contribution is 7.92. The van der Waals surface area contributed by atoms with E-state index in [0.29, 0.717) is 50.0 Å². The van der Waals surface area contributed by atoms with Gasteiger partial charge >= 0.3 is 6.03 Å². The zero-order valence-corrected chi connectivity index (χ0v) is 30.7. The molecule has 1 spiro atoms. The molecule has 3 aliphatic carbocycles. The average molecular weight is 725 g/mol. The van der Waals surface area contributed by atoms with Crippen LogP contribution in [-0.4, -0.2) is 71.6 Å². The Morgan fingerprint density at radius 2 is 2.02 bits per heavy atom. The molecule has 3 N–H and O–H groups in total. The lowest BCUT2D eigenvalue weighted by molar-refractivity contribution is -0.0353. The molecule has 2 heterocycles. The quantitative estimate of drug-likeness (QED) is 0.322. The summed E-state index contributed by atoms with van der Waals surface area (Å²) in [6.45, 7) is 5.64. The molecule has 10 nitrogen and oxygen atoms in total. The van der Waals surface area contributed by atoms with Crippen molar-refractivity contribution in [2.45, 2.75) is 88.4 Å². The van der Waals surface area contributed by atoms with E-state index in [4.69, 9.17) is 21.1 Å². The van der Waals surface area contributed by atoms with E-state index in [9.17, 15) is 18.9 Å². The van der Waals surface area contributed by atoms with E-state index in [-0.39, 0.29) is 34.8 Å². The lowest BCUT2D eigenvalue weighted by Crippen LogP contribution is -2.56. The van der Waals surface area contributed by atoms with Crippen LogP contribution in [0.4, 0.5) is 10.5 Å². The van der Waals surface area contributed by atoms with Gasteiger partial charge < -0.3 is 24.8 Å². The minimum Gasteiger partial charge on any atom is -0.490 e.